The van der Waals surface area contributed by atoms with Crippen molar-refractivity contribution in [3.05, 3.63) is 284 Å². The second-order valence-electron chi connectivity index (χ2n) is 21.5. The van der Waals surface area contributed by atoms with Crippen LogP contribution in [0.5, 0.6) is 11.5 Å². The molecule has 388 valence electrons. The zero-order valence-corrected chi connectivity index (χ0v) is 45.6. The fourth-order valence-electron chi connectivity index (χ4n) is 10.8. The molecule has 10 aromatic carbocycles. The Morgan fingerprint density at radius 2 is 1.10 bits per heavy atom. The van der Waals surface area contributed by atoms with E-state index in [4.69, 9.17) is 22.1 Å². The summed E-state index contributed by atoms with van der Waals surface area (Å²) < 4.78 is 193. The van der Waals surface area contributed by atoms with E-state index in [1.165, 1.54) is 0 Å². The lowest BCUT2D eigenvalue weighted by atomic mass is 9.81. The van der Waals surface area contributed by atoms with E-state index in [0.717, 1.165) is 38.8 Å². The molecule has 13 aromatic rings. The normalized spacial score (nSPS) is 15.4. The largest absolute Gasteiger partial charge is 0.458 e. The van der Waals surface area contributed by atoms with Crippen LogP contribution in [0.15, 0.2) is 267 Å². The number of rotatable bonds is 11. The Morgan fingerprint density at radius 3 is 1.81 bits per heavy atom. The highest BCUT2D eigenvalue weighted by Gasteiger charge is 2.41. The average molecular weight is 1070 g/mol. The first-order valence-corrected chi connectivity index (χ1v) is 28.1. The monoisotopic (exact) mass is 1070 g/mol. The molecule has 3 aromatic heterocycles. The third-order valence-electron chi connectivity index (χ3n) is 14.5. The summed E-state index contributed by atoms with van der Waals surface area (Å²) in [6.45, 7) is 12.6. The Balaban J connectivity index is 1.11. The van der Waals surface area contributed by atoms with E-state index in [9.17, 15) is 13.7 Å². The highest BCUT2D eigenvalue weighted by Crippen LogP contribution is 2.40. The molecule has 13 rings (SSSR count). The predicted molar refractivity (Wildman–Crippen MR) is 334 cm³/mol. The van der Waals surface area contributed by atoms with E-state index in [1.54, 1.807) is 21.3 Å². The SMILES string of the molecule is [2H]c1c([2H])c([2H])c([Si](c2c([2H])c([2H])c([2H])c([2H])c2[2H])(c2c([2H])c([2H])c([2H])c([2H])c2[2H])c2c([2H])c([2H])c([2H])c(-c3cccc(-c4ccccc4C(C)(C)C)c3-[n+]3[c-]n(-c4cccc(Oc5ccc6c7ccccc7n(-c7cc(C(C)(C)C)ccn7)c6c5)c4)c4ccccc43)c2[2H])c([2H])c1[2H]. The van der Waals surface area contributed by atoms with E-state index in [0.29, 0.717) is 39.3 Å². The standard InChI is InChI=1S/C74H62N4OSi/c1-73(2,3)53-45-46-75-71(48-53)78-67-40-19-17-36-63(67)64-44-43-56(50-70(64)78)79-55-27-23-26-54(49-55)76-51-77(69-42-21-20-41-68(69)76)72-61(37-24-38-65(72)62-35-16-18-39-66(62)74(4,5)6)52-25-22-34-60(47-52)80(57-28-10-7-11-29-57,58-30-12-8-13-31-58)59-32-14-9-15-33-59/h7-50H,1-6H3/i7D,8D,9D,10D,11D,12D,13D,14D,15D,22D,25D,28D,29D,30D,31D,32D,33D,34D,47D. The van der Waals surface area contributed by atoms with Crippen molar-refractivity contribution in [2.75, 3.05) is 0 Å². The molecule has 0 aliphatic heterocycles. The van der Waals surface area contributed by atoms with Gasteiger partial charge in [-0.05, 0) is 113 Å². The van der Waals surface area contributed by atoms with Crippen LogP contribution in [0, 0.1) is 6.33 Å². The lowest BCUT2D eigenvalue weighted by Crippen LogP contribution is -2.74. The first-order valence-electron chi connectivity index (χ1n) is 35.6. The van der Waals surface area contributed by atoms with Gasteiger partial charge in [-0.1, -0.05) is 247 Å². The molecular formula is C74H62N4OSi. The van der Waals surface area contributed by atoms with Gasteiger partial charge in [0.1, 0.15) is 17.3 Å². The van der Waals surface area contributed by atoms with Gasteiger partial charge in [-0.15, -0.1) is 0 Å². The molecule has 80 heavy (non-hydrogen) atoms. The van der Waals surface area contributed by atoms with Gasteiger partial charge in [-0.3, -0.25) is 13.7 Å². The first-order chi connectivity index (χ1) is 46.8. The number of benzene rings is 10. The van der Waals surface area contributed by atoms with Gasteiger partial charge in [-0.25, -0.2) is 4.98 Å². The molecule has 0 spiro atoms. The molecule has 0 radical (unpaired) electrons. The van der Waals surface area contributed by atoms with E-state index in [2.05, 4.69) is 49.9 Å². The number of fused-ring (bicyclic) bond motifs is 4. The van der Waals surface area contributed by atoms with Crippen molar-refractivity contribution < 1.29 is 35.3 Å². The maximum atomic E-state index is 10.9. The number of hydrogen-bond acceptors (Lipinski definition) is 2. The van der Waals surface area contributed by atoms with Gasteiger partial charge in [0, 0.05) is 23.0 Å². The summed E-state index contributed by atoms with van der Waals surface area (Å²) >= 11 is 0. The number of pyridine rings is 1. The molecule has 0 atom stereocenters. The van der Waals surface area contributed by atoms with E-state index in [-0.39, 0.29) is 16.7 Å². The summed E-state index contributed by atoms with van der Waals surface area (Å²) in [5, 5.41) is -1.66. The van der Waals surface area contributed by atoms with Crippen LogP contribution in [-0.2, 0) is 10.8 Å². The maximum absolute atomic E-state index is 10.9. The van der Waals surface area contributed by atoms with Gasteiger partial charge < -0.3 is 4.74 Å². The van der Waals surface area contributed by atoms with E-state index >= 15 is 0 Å². The number of imidazole rings is 1. The average Bonchev–Trinajstić information content (AvgIpc) is 1.40. The fourth-order valence-corrected chi connectivity index (χ4v) is 14.4. The van der Waals surface area contributed by atoms with Gasteiger partial charge in [-0.2, -0.15) is 0 Å². The Bertz CT molecular complexity index is 5340. The summed E-state index contributed by atoms with van der Waals surface area (Å²) in [7, 11) is -6.21. The molecule has 0 fully saturated rings. The van der Waals surface area contributed by atoms with Gasteiger partial charge in [0.15, 0.2) is 8.07 Å². The highest BCUT2D eigenvalue weighted by atomic mass is 28.3. The summed E-state index contributed by atoms with van der Waals surface area (Å²) in [6, 6.07) is 26.1. The molecule has 5 nitrogen and oxygen atoms in total. The van der Waals surface area contributed by atoms with Crippen molar-refractivity contribution in [2.24, 2.45) is 0 Å². The molecule has 0 amide bonds. The van der Waals surface area contributed by atoms with Crippen molar-refractivity contribution in [2.45, 2.75) is 52.4 Å². The maximum Gasteiger partial charge on any atom is 0.269 e. The zero-order chi connectivity index (χ0) is 71.1. The minimum absolute atomic E-state index is 0.00131. The minimum Gasteiger partial charge on any atom is -0.458 e. The number of ether oxygens (including phenoxy) is 1. The van der Waals surface area contributed by atoms with Crippen LogP contribution in [0.25, 0.3) is 72.3 Å². The topological polar surface area (TPSA) is 35.9 Å². The van der Waals surface area contributed by atoms with Crippen LogP contribution < -0.4 is 30.1 Å². The fraction of sp³-hybridized carbons (Fsp3) is 0.108. The number of nitrogens with zero attached hydrogens (tertiary/aromatic N) is 4. The van der Waals surface area contributed by atoms with Gasteiger partial charge in [0.2, 0.25) is 0 Å². The predicted octanol–water partition coefficient (Wildman–Crippen LogP) is 15.3. The van der Waals surface area contributed by atoms with Crippen LogP contribution in [0.4, 0.5) is 0 Å². The molecule has 0 aliphatic rings. The Kier molecular flexibility index (Phi) is 8.35. The summed E-state index contributed by atoms with van der Waals surface area (Å²) in [5.74, 6) is 1.73. The van der Waals surface area contributed by atoms with Gasteiger partial charge >= 0.3 is 0 Å². The number of hydrogen-bond donors (Lipinski definition) is 0. The third kappa shape index (κ3) is 8.82. The molecule has 0 bridgehead atoms. The van der Waals surface area contributed by atoms with Crippen molar-refractivity contribution in [3.8, 4) is 50.9 Å². The van der Waals surface area contributed by atoms with E-state index in [1.807, 2.05) is 142 Å². The van der Waals surface area contributed by atoms with Crippen LogP contribution in [0.2, 0.25) is 0 Å². The van der Waals surface area contributed by atoms with E-state index < -0.39 is 155 Å². The lowest BCUT2D eigenvalue weighted by Gasteiger charge is -2.34. The molecule has 0 unspecified atom stereocenters. The van der Waals surface area contributed by atoms with Crippen molar-refractivity contribution in [3.63, 3.8) is 0 Å². The van der Waals surface area contributed by atoms with Crippen LogP contribution in [0.1, 0.15) is 78.7 Å². The highest BCUT2D eigenvalue weighted by molar-refractivity contribution is 7.19. The van der Waals surface area contributed by atoms with Crippen molar-refractivity contribution >= 4 is 61.7 Å². The second-order valence-corrected chi connectivity index (χ2v) is 25.0. The Labute approximate surface area is 497 Å². The molecular weight excluding hydrogens is 989 g/mol. The summed E-state index contributed by atoms with van der Waals surface area (Å²) in [4.78, 5) is 4.86. The second kappa shape index (κ2) is 20.1. The zero-order valence-electron chi connectivity index (χ0n) is 63.6. The number of para-hydroxylation sites is 4. The first kappa shape index (κ1) is 33.2. The molecule has 3 heterocycles. The van der Waals surface area contributed by atoms with Gasteiger partial charge in [0.25, 0.3) is 6.33 Å². The lowest BCUT2D eigenvalue weighted by molar-refractivity contribution is -0.571. The van der Waals surface area contributed by atoms with Crippen molar-refractivity contribution in [1.82, 2.24) is 14.1 Å². The Hall–Kier alpha value is -9.36. The number of aromatic nitrogens is 4. The van der Waals surface area contributed by atoms with Crippen molar-refractivity contribution in [1.29, 1.82) is 0 Å². The Morgan fingerprint density at radius 1 is 0.500 bits per heavy atom. The summed E-state index contributed by atoms with van der Waals surface area (Å²) in [5.41, 5.74) is 5.72. The van der Waals surface area contributed by atoms with Gasteiger partial charge in [0.05, 0.1) is 59.5 Å². The van der Waals surface area contributed by atoms with Crippen LogP contribution in [-0.4, -0.2) is 22.2 Å². The third-order valence-corrected chi connectivity index (χ3v) is 18.5. The summed E-state index contributed by atoms with van der Waals surface area (Å²) in [6.07, 6.45) is 5.43. The quantitative estimate of drug-likeness (QED) is 0.0560. The smallest absolute Gasteiger partial charge is 0.269 e. The molecule has 0 N–H and O–H groups in total. The molecule has 6 heteroatoms. The van der Waals surface area contributed by atoms with Crippen LogP contribution in [0.3, 0.4) is 0 Å². The molecule has 0 saturated heterocycles. The minimum atomic E-state index is -6.21. The van der Waals surface area contributed by atoms with Crippen LogP contribution >= 0.6 is 0 Å². The molecule has 0 aliphatic carbocycles. The molecule has 0 saturated carbocycles.